The molecule has 1 heterocycles. The topological polar surface area (TPSA) is 87.7 Å². The number of amides is 2. The average molecular weight is 272 g/mol. The van der Waals surface area contributed by atoms with Crippen molar-refractivity contribution in [3.63, 3.8) is 0 Å². The number of carboxylic acids is 1. The van der Waals surface area contributed by atoms with Crippen LogP contribution in [0.15, 0.2) is 0 Å². The number of urea groups is 1. The lowest BCUT2D eigenvalue weighted by Gasteiger charge is -2.19. The Labute approximate surface area is 113 Å². The van der Waals surface area contributed by atoms with Gasteiger partial charge in [0, 0.05) is 19.1 Å². The third-order valence-corrected chi connectivity index (χ3v) is 3.45. The molecule has 1 fully saturated rings. The van der Waals surface area contributed by atoms with E-state index in [1.807, 2.05) is 6.92 Å². The van der Waals surface area contributed by atoms with Crippen molar-refractivity contribution in [3.05, 3.63) is 0 Å². The molecule has 1 aliphatic heterocycles. The highest BCUT2D eigenvalue weighted by molar-refractivity contribution is 5.82. The normalized spacial score (nSPS) is 23.9. The highest BCUT2D eigenvalue weighted by Gasteiger charge is 2.27. The maximum Gasteiger partial charge on any atom is 0.326 e. The molecule has 0 bridgehead atoms. The Morgan fingerprint density at radius 2 is 2.16 bits per heavy atom. The number of carbonyl (C=O) groups excluding carboxylic acids is 1. The van der Waals surface area contributed by atoms with Gasteiger partial charge in [-0.25, -0.2) is 9.59 Å². The van der Waals surface area contributed by atoms with Crippen molar-refractivity contribution in [2.45, 2.75) is 51.7 Å². The number of ether oxygens (including phenoxy) is 1. The lowest BCUT2D eigenvalue weighted by molar-refractivity contribution is -0.139. The third-order valence-electron chi connectivity index (χ3n) is 3.45. The molecule has 3 N–H and O–H groups in total. The summed E-state index contributed by atoms with van der Waals surface area (Å²) >= 11 is 0. The molecule has 1 rings (SSSR count). The lowest BCUT2D eigenvalue weighted by atomic mass is 10.00. The molecular weight excluding hydrogens is 248 g/mol. The van der Waals surface area contributed by atoms with Crippen molar-refractivity contribution in [1.29, 1.82) is 0 Å². The van der Waals surface area contributed by atoms with Crippen molar-refractivity contribution in [3.8, 4) is 0 Å². The van der Waals surface area contributed by atoms with E-state index in [2.05, 4.69) is 17.6 Å². The molecule has 0 spiro atoms. The second-order valence-corrected chi connectivity index (χ2v) is 4.90. The molecule has 6 nitrogen and oxygen atoms in total. The zero-order chi connectivity index (χ0) is 14.3. The van der Waals surface area contributed by atoms with E-state index in [0.717, 1.165) is 19.4 Å². The standard InChI is InChI=1S/C13H24N2O4/c1-3-5-10(12(16)17)15-13(18)14-8-9-6-7-19-11(9)4-2/h9-11H,3-8H2,1-2H3,(H,16,17)(H2,14,15,18)/t9?,10-,11?/m1/s1. The first-order valence-corrected chi connectivity index (χ1v) is 6.97. The van der Waals surface area contributed by atoms with Gasteiger partial charge in [0.25, 0.3) is 0 Å². The molecule has 0 aliphatic carbocycles. The maximum atomic E-state index is 11.7. The Hall–Kier alpha value is -1.30. The highest BCUT2D eigenvalue weighted by Crippen LogP contribution is 2.22. The minimum atomic E-state index is -0.993. The summed E-state index contributed by atoms with van der Waals surface area (Å²) in [6.07, 6.45) is 3.22. The zero-order valence-electron chi connectivity index (χ0n) is 11.6. The molecule has 3 atom stereocenters. The zero-order valence-corrected chi connectivity index (χ0v) is 11.6. The van der Waals surface area contributed by atoms with E-state index in [1.54, 1.807) is 0 Å². The van der Waals surface area contributed by atoms with Crippen LogP contribution in [-0.2, 0) is 9.53 Å². The molecule has 6 heteroatoms. The molecule has 0 aromatic carbocycles. The number of rotatable bonds is 7. The van der Waals surface area contributed by atoms with E-state index in [1.165, 1.54) is 0 Å². The number of aliphatic carboxylic acids is 1. The molecule has 0 aromatic rings. The van der Waals surface area contributed by atoms with Gasteiger partial charge in [0.2, 0.25) is 0 Å². The predicted octanol–water partition coefficient (Wildman–Crippen LogP) is 1.35. The number of nitrogens with one attached hydrogen (secondary N) is 2. The summed E-state index contributed by atoms with van der Waals surface area (Å²) in [4.78, 5) is 22.6. The smallest absolute Gasteiger partial charge is 0.326 e. The van der Waals surface area contributed by atoms with Gasteiger partial charge < -0.3 is 20.5 Å². The maximum absolute atomic E-state index is 11.7. The molecule has 0 radical (unpaired) electrons. The van der Waals surface area contributed by atoms with Crippen LogP contribution >= 0.6 is 0 Å². The highest BCUT2D eigenvalue weighted by atomic mass is 16.5. The fourth-order valence-electron chi connectivity index (χ4n) is 2.36. The summed E-state index contributed by atoms with van der Waals surface area (Å²) in [6.45, 7) is 5.21. The van der Waals surface area contributed by atoms with Crippen molar-refractivity contribution < 1.29 is 19.4 Å². The van der Waals surface area contributed by atoms with Gasteiger partial charge in [-0.1, -0.05) is 20.3 Å². The minimum absolute atomic E-state index is 0.200. The van der Waals surface area contributed by atoms with Gasteiger partial charge in [0.05, 0.1) is 6.10 Å². The lowest BCUT2D eigenvalue weighted by Crippen LogP contribution is -2.47. The first kappa shape index (κ1) is 15.8. The molecule has 1 aliphatic rings. The van der Waals surface area contributed by atoms with Crippen molar-refractivity contribution in [2.24, 2.45) is 5.92 Å². The summed E-state index contributed by atoms with van der Waals surface area (Å²) in [5.74, 6) is -0.669. The van der Waals surface area contributed by atoms with Crippen molar-refractivity contribution in [1.82, 2.24) is 10.6 Å². The van der Waals surface area contributed by atoms with E-state index in [0.29, 0.717) is 25.3 Å². The first-order chi connectivity index (χ1) is 9.08. The molecular formula is C13H24N2O4. The minimum Gasteiger partial charge on any atom is -0.480 e. The van der Waals surface area contributed by atoms with E-state index in [-0.39, 0.29) is 6.10 Å². The number of carbonyl (C=O) groups is 2. The van der Waals surface area contributed by atoms with Crippen LogP contribution < -0.4 is 10.6 Å². The van der Waals surface area contributed by atoms with Gasteiger partial charge in [-0.3, -0.25) is 0 Å². The average Bonchev–Trinajstić information content (AvgIpc) is 2.83. The monoisotopic (exact) mass is 272 g/mol. The third kappa shape index (κ3) is 5.06. The summed E-state index contributed by atoms with van der Waals surface area (Å²) < 4.78 is 5.54. The molecule has 1 saturated heterocycles. The molecule has 19 heavy (non-hydrogen) atoms. The summed E-state index contributed by atoms with van der Waals surface area (Å²) in [5, 5.41) is 14.2. The van der Waals surface area contributed by atoms with Crippen molar-refractivity contribution >= 4 is 12.0 Å². The molecule has 110 valence electrons. The summed E-state index contributed by atoms with van der Waals surface area (Å²) in [7, 11) is 0. The van der Waals surface area contributed by atoms with Gasteiger partial charge in [-0.05, 0) is 19.3 Å². The Bertz CT molecular complexity index is 309. The SMILES string of the molecule is CCC[C@@H](NC(=O)NCC1CCOC1CC)C(=O)O. The fourth-order valence-corrected chi connectivity index (χ4v) is 2.36. The van der Waals surface area contributed by atoms with Gasteiger partial charge in [0.15, 0.2) is 0 Å². The number of hydrogen-bond donors (Lipinski definition) is 3. The van der Waals surface area contributed by atoms with E-state index in [4.69, 9.17) is 9.84 Å². The number of hydrogen-bond acceptors (Lipinski definition) is 3. The van der Waals surface area contributed by atoms with Gasteiger partial charge in [-0.15, -0.1) is 0 Å². The Morgan fingerprint density at radius 1 is 1.42 bits per heavy atom. The van der Waals surface area contributed by atoms with E-state index in [9.17, 15) is 9.59 Å². The molecule has 2 amide bonds. The van der Waals surface area contributed by atoms with Gasteiger partial charge in [-0.2, -0.15) is 0 Å². The Balaban J connectivity index is 2.32. The molecule has 2 unspecified atom stereocenters. The van der Waals surface area contributed by atoms with E-state index < -0.39 is 18.0 Å². The van der Waals surface area contributed by atoms with Crippen LogP contribution in [0.25, 0.3) is 0 Å². The van der Waals surface area contributed by atoms with Crippen molar-refractivity contribution in [2.75, 3.05) is 13.2 Å². The number of carboxylic acid groups (broad SMARTS) is 1. The Morgan fingerprint density at radius 3 is 2.74 bits per heavy atom. The van der Waals surface area contributed by atoms with Crippen LogP contribution in [-0.4, -0.2) is 42.4 Å². The quantitative estimate of drug-likeness (QED) is 0.653. The van der Waals surface area contributed by atoms with Crippen LogP contribution in [0.1, 0.15) is 39.5 Å². The first-order valence-electron chi connectivity index (χ1n) is 6.97. The largest absolute Gasteiger partial charge is 0.480 e. The second-order valence-electron chi connectivity index (χ2n) is 4.90. The van der Waals surface area contributed by atoms with Crippen LogP contribution in [0, 0.1) is 5.92 Å². The molecule has 0 saturated carbocycles. The predicted molar refractivity (Wildman–Crippen MR) is 71.0 cm³/mol. The molecule has 0 aromatic heterocycles. The van der Waals surface area contributed by atoms with Gasteiger partial charge in [0.1, 0.15) is 6.04 Å². The van der Waals surface area contributed by atoms with Crippen LogP contribution in [0.4, 0.5) is 4.79 Å². The summed E-state index contributed by atoms with van der Waals surface area (Å²) in [5.41, 5.74) is 0. The Kier molecular flexibility index (Phi) is 6.62. The van der Waals surface area contributed by atoms with Gasteiger partial charge >= 0.3 is 12.0 Å². The van der Waals surface area contributed by atoms with Crippen LogP contribution in [0.5, 0.6) is 0 Å². The summed E-state index contributed by atoms with van der Waals surface area (Å²) in [6, 6.07) is -1.23. The van der Waals surface area contributed by atoms with Crippen LogP contribution in [0.3, 0.4) is 0 Å². The van der Waals surface area contributed by atoms with E-state index >= 15 is 0 Å². The second kappa shape index (κ2) is 7.99. The van der Waals surface area contributed by atoms with Crippen LogP contribution in [0.2, 0.25) is 0 Å². The fraction of sp³-hybridized carbons (Fsp3) is 0.846.